The Morgan fingerprint density at radius 3 is 2.18 bits per heavy atom. The number of methoxy groups -OCH3 is 1. The quantitative estimate of drug-likeness (QED) is 0.509. The fourth-order valence-electron chi connectivity index (χ4n) is 2.50. The second kappa shape index (κ2) is 9.36. The molecule has 0 radical (unpaired) electrons. The number of carbonyl (C=O) groups is 2. The molecule has 1 atom stereocenters. The molecule has 0 aliphatic heterocycles. The fraction of sp³-hybridized carbons (Fsp3) is 0.300. The van der Waals surface area contributed by atoms with Gasteiger partial charge in [0.05, 0.1) is 13.4 Å². The lowest BCUT2D eigenvalue weighted by Gasteiger charge is -2.13. The van der Waals surface area contributed by atoms with Gasteiger partial charge in [0.1, 0.15) is 5.75 Å². The first-order valence-electron chi connectivity index (χ1n) is 8.62. The number of carbonyl (C=O) groups excluding carboxylic acids is 2. The summed E-state index contributed by atoms with van der Waals surface area (Å²) in [5, 5.41) is 0. The van der Waals surface area contributed by atoms with Gasteiger partial charge in [-0.15, -0.1) is 0 Å². The van der Waals surface area contributed by atoms with Crippen LogP contribution in [0.1, 0.15) is 29.3 Å². The van der Waals surface area contributed by atoms with Gasteiger partial charge in [-0.25, -0.2) is 8.42 Å². The Morgan fingerprint density at radius 1 is 1.04 bits per heavy atom. The van der Waals surface area contributed by atoms with Crippen LogP contribution in [0.25, 0.3) is 0 Å². The van der Waals surface area contributed by atoms with Crippen molar-refractivity contribution in [1.29, 1.82) is 0 Å². The monoisotopic (exact) mass is 405 g/mol. The lowest BCUT2D eigenvalue weighted by atomic mass is 10.1. The van der Waals surface area contributed by atoms with E-state index in [1.54, 1.807) is 7.11 Å². The number of hydrogen-bond acceptors (Lipinski definition) is 6. The molecule has 0 aromatic heterocycles. The van der Waals surface area contributed by atoms with Crippen molar-refractivity contribution >= 4 is 27.5 Å². The molecule has 0 heterocycles. The van der Waals surface area contributed by atoms with Gasteiger partial charge in [-0.05, 0) is 55.3 Å². The van der Waals surface area contributed by atoms with Crippen molar-refractivity contribution in [3.8, 4) is 5.75 Å². The van der Waals surface area contributed by atoms with E-state index in [4.69, 9.17) is 9.47 Å². The van der Waals surface area contributed by atoms with Crippen LogP contribution in [0.15, 0.2) is 48.5 Å². The zero-order chi connectivity index (χ0) is 20.7. The van der Waals surface area contributed by atoms with Crippen molar-refractivity contribution < 1.29 is 27.5 Å². The van der Waals surface area contributed by atoms with Crippen molar-refractivity contribution in [2.24, 2.45) is 0 Å². The van der Waals surface area contributed by atoms with E-state index in [9.17, 15) is 18.0 Å². The number of anilines is 1. The van der Waals surface area contributed by atoms with Crippen molar-refractivity contribution in [2.75, 3.05) is 18.1 Å². The SMILES string of the molecule is COc1ccc(CCC(=O)O[C@H](C)C(=O)c2ccc(NS(C)(=O)=O)cc2)cc1. The summed E-state index contributed by atoms with van der Waals surface area (Å²) >= 11 is 0. The highest BCUT2D eigenvalue weighted by atomic mass is 32.2. The molecule has 2 rings (SSSR count). The summed E-state index contributed by atoms with van der Waals surface area (Å²) in [4.78, 5) is 24.4. The first kappa shape index (κ1) is 21.4. The summed E-state index contributed by atoms with van der Waals surface area (Å²) in [5.41, 5.74) is 1.64. The van der Waals surface area contributed by atoms with Crippen LogP contribution in [-0.4, -0.2) is 39.6 Å². The molecule has 0 spiro atoms. The third-order valence-electron chi connectivity index (χ3n) is 3.93. The maximum absolute atomic E-state index is 12.4. The first-order chi connectivity index (χ1) is 13.2. The van der Waals surface area contributed by atoms with E-state index in [0.29, 0.717) is 17.7 Å². The molecule has 2 aromatic rings. The molecule has 0 saturated carbocycles. The molecule has 2 aromatic carbocycles. The number of rotatable bonds is 9. The number of ketones is 1. The predicted octanol–water partition coefficient (Wildman–Crippen LogP) is 2.81. The number of Topliss-reactive ketones (excluding diaryl/α,β-unsaturated/α-hetero) is 1. The third kappa shape index (κ3) is 6.70. The van der Waals surface area contributed by atoms with Crippen molar-refractivity contribution in [3.63, 3.8) is 0 Å². The summed E-state index contributed by atoms with van der Waals surface area (Å²) < 4.78 is 35.0. The van der Waals surface area contributed by atoms with E-state index in [-0.39, 0.29) is 12.2 Å². The van der Waals surface area contributed by atoms with Gasteiger partial charge in [-0.1, -0.05) is 12.1 Å². The van der Waals surface area contributed by atoms with Gasteiger partial charge in [0.2, 0.25) is 15.8 Å². The van der Waals surface area contributed by atoms with Crippen molar-refractivity contribution in [1.82, 2.24) is 0 Å². The minimum absolute atomic E-state index is 0.154. The smallest absolute Gasteiger partial charge is 0.306 e. The molecule has 1 N–H and O–H groups in total. The van der Waals surface area contributed by atoms with Gasteiger partial charge in [-0.2, -0.15) is 0 Å². The maximum atomic E-state index is 12.4. The summed E-state index contributed by atoms with van der Waals surface area (Å²) in [7, 11) is -1.80. The normalized spacial score (nSPS) is 12.1. The molecule has 0 unspecified atom stereocenters. The van der Waals surface area contributed by atoms with Gasteiger partial charge in [0.25, 0.3) is 0 Å². The maximum Gasteiger partial charge on any atom is 0.306 e. The molecule has 7 nitrogen and oxygen atoms in total. The minimum atomic E-state index is -3.39. The average Bonchev–Trinajstić information content (AvgIpc) is 2.65. The van der Waals surface area contributed by atoms with Gasteiger partial charge in [0, 0.05) is 17.7 Å². The molecule has 0 bridgehead atoms. The Bertz CT molecular complexity index is 920. The molecule has 0 saturated heterocycles. The topological polar surface area (TPSA) is 98.8 Å². The molecule has 8 heteroatoms. The molecular formula is C20H23NO6S. The average molecular weight is 405 g/mol. The number of aryl methyl sites for hydroxylation is 1. The largest absolute Gasteiger partial charge is 0.497 e. The number of ether oxygens (including phenoxy) is 2. The number of hydrogen-bond donors (Lipinski definition) is 1. The molecule has 0 aliphatic carbocycles. The highest BCUT2D eigenvalue weighted by molar-refractivity contribution is 7.92. The Balaban J connectivity index is 1.87. The fourth-order valence-corrected chi connectivity index (χ4v) is 3.06. The van der Waals surface area contributed by atoms with Crippen LogP contribution in [-0.2, 0) is 26.0 Å². The molecule has 28 heavy (non-hydrogen) atoms. The summed E-state index contributed by atoms with van der Waals surface area (Å²) in [5.74, 6) is -0.0842. The van der Waals surface area contributed by atoms with E-state index >= 15 is 0 Å². The molecular weight excluding hydrogens is 382 g/mol. The van der Waals surface area contributed by atoms with Gasteiger partial charge in [0.15, 0.2) is 6.10 Å². The Hall–Kier alpha value is -2.87. The predicted molar refractivity (Wildman–Crippen MR) is 106 cm³/mol. The Kier molecular flexibility index (Phi) is 7.17. The molecule has 150 valence electrons. The van der Waals surface area contributed by atoms with Crippen LogP contribution in [0, 0.1) is 0 Å². The number of nitrogens with one attached hydrogen (secondary N) is 1. The van der Waals surface area contributed by atoms with Crippen LogP contribution in [0.4, 0.5) is 5.69 Å². The van der Waals surface area contributed by atoms with Crippen LogP contribution in [0.5, 0.6) is 5.75 Å². The Morgan fingerprint density at radius 2 is 1.64 bits per heavy atom. The zero-order valence-corrected chi connectivity index (χ0v) is 16.8. The summed E-state index contributed by atoms with van der Waals surface area (Å²) in [6.07, 6.45) is 0.758. The van der Waals surface area contributed by atoms with Gasteiger partial charge >= 0.3 is 5.97 Å². The second-order valence-electron chi connectivity index (χ2n) is 6.30. The van der Waals surface area contributed by atoms with Crippen LogP contribution in [0.3, 0.4) is 0 Å². The van der Waals surface area contributed by atoms with E-state index < -0.39 is 22.1 Å². The second-order valence-corrected chi connectivity index (χ2v) is 8.04. The van der Waals surface area contributed by atoms with Crippen molar-refractivity contribution in [3.05, 3.63) is 59.7 Å². The van der Waals surface area contributed by atoms with E-state index in [0.717, 1.165) is 17.6 Å². The van der Waals surface area contributed by atoms with Gasteiger partial charge in [-0.3, -0.25) is 14.3 Å². The highest BCUT2D eigenvalue weighted by Gasteiger charge is 2.19. The third-order valence-corrected chi connectivity index (χ3v) is 4.53. The number of esters is 1. The summed E-state index contributed by atoms with van der Waals surface area (Å²) in [6.45, 7) is 1.51. The molecule has 0 amide bonds. The van der Waals surface area contributed by atoms with Crippen LogP contribution >= 0.6 is 0 Å². The Labute approximate surface area is 164 Å². The van der Waals surface area contributed by atoms with Gasteiger partial charge < -0.3 is 9.47 Å². The minimum Gasteiger partial charge on any atom is -0.497 e. The first-order valence-corrected chi connectivity index (χ1v) is 10.5. The number of sulfonamides is 1. The van der Waals surface area contributed by atoms with E-state index in [2.05, 4.69) is 4.72 Å². The lowest BCUT2D eigenvalue weighted by molar-refractivity contribution is -0.146. The molecule has 0 fully saturated rings. The van der Waals surface area contributed by atoms with E-state index in [1.807, 2.05) is 24.3 Å². The van der Waals surface area contributed by atoms with Crippen LogP contribution < -0.4 is 9.46 Å². The molecule has 0 aliphatic rings. The van der Waals surface area contributed by atoms with Crippen LogP contribution in [0.2, 0.25) is 0 Å². The number of benzene rings is 2. The summed E-state index contributed by atoms with van der Waals surface area (Å²) in [6, 6.07) is 13.3. The lowest BCUT2D eigenvalue weighted by Crippen LogP contribution is -2.24. The highest BCUT2D eigenvalue weighted by Crippen LogP contribution is 2.15. The standard InChI is InChI=1S/C20H23NO6S/c1-14(20(23)16-7-9-17(10-8-16)21-28(3,24)25)27-19(22)13-6-15-4-11-18(26-2)12-5-15/h4-5,7-12,14,21H,6,13H2,1-3H3/t14-/m1/s1. The van der Waals surface area contributed by atoms with Crippen molar-refractivity contribution in [2.45, 2.75) is 25.9 Å². The van der Waals surface area contributed by atoms with E-state index in [1.165, 1.54) is 31.2 Å². The zero-order valence-electron chi connectivity index (χ0n) is 16.0.